The highest BCUT2D eigenvalue weighted by Gasteiger charge is 2.36. The molecule has 7 nitrogen and oxygen atoms in total. The molecule has 1 aliphatic rings. The minimum atomic E-state index is -1.12. The van der Waals surface area contributed by atoms with Crippen LogP contribution in [0.3, 0.4) is 0 Å². The van der Waals surface area contributed by atoms with Gasteiger partial charge in [-0.05, 0) is 41.5 Å². The minimum absolute atomic E-state index is 0.0554. The number of carboxylic acids is 1. The molecule has 0 bridgehead atoms. The van der Waals surface area contributed by atoms with Crippen molar-refractivity contribution < 1.29 is 24.2 Å². The minimum Gasteiger partial charge on any atom is -0.481 e. The van der Waals surface area contributed by atoms with Gasteiger partial charge in [-0.1, -0.05) is 69.3 Å². The van der Waals surface area contributed by atoms with Crippen LogP contribution in [0.25, 0.3) is 11.1 Å². The summed E-state index contributed by atoms with van der Waals surface area (Å²) < 4.78 is 5.57. The summed E-state index contributed by atoms with van der Waals surface area (Å²) in [5.41, 5.74) is 2.75. The molecule has 0 saturated heterocycles. The van der Waals surface area contributed by atoms with Crippen LogP contribution in [0.1, 0.15) is 51.7 Å². The van der Waals surface area contributed by atoms with Crippen molar-refractivity contribution in [2.24, 2.45) is 10.8 Å². The van der Waals surface area contributed by atoms with Crippen LogP contribution >= 0.6 is 0 Å². The predicted molar refractivity (Wildman–Crippen MR) is 126 cm³/mol. The maximum atomic E-state index is 12.8. The highest BCUT2D eigenvalue weighted by molar-refractivity contribution is 5.87. The molecular weight excluding hydrogens is 420 g/mol. The summed E-state index contributed by atoms with van der Waals surface area (Å²) in [7, 11) is 0. The summed E-state index contributed by atoms with van der Waals surface area (Å²) in [6.07, 6.45) is -0.690. The zero-order valence-corrected chi connectivity index (χ0v) is 19.8. The van der Waals surface area contributed by atoms with E-state index in [0.717, 1.165) is 22.3 Å². The Balaban J connectivity index is 1.67. The van der Waals surface area contributed by atoms with E-state index >= 15 is 0 Å². The molecule has 0 heterocycles. The molecular formula is C26H32N2O5. The number of hydrogen-bond donors (Lipinski definition) is 3. The molecule has 3 N–H and O–H groups in total. The summed E-state index contributed by atoms with van der Waals surface area (Å²) in [5, 5.41) is 14.6. The lowest BCUT2D eigenvalue weighted by Gasteiger charge is -2.31. The van der Waals surface area contributed by atoms with E-state index in [2.05, 4.69) is 22.8 Å². The Bertz CT molecular complexity index is 1010. The largest absolute Gasteiger partial charge is 0.481 e. The first-order valence-corrected chi connectivity index (χ1v) is 11.0. The Morgan fingerprint density at radius 1 is 0.939 bits per heavy atom. The summed E-state index contributed by atoms with van der Waals surface area (Å²) >= 11 is 0. The zero-order valence-electron chi connectivity index (χ0n) is 19.8. The van der Waals surface area contributed by atoms with Crippen LogP contribution in [-0.4, -0.2) is 42.3 Å². The van der Waals surface area contributed by atoms with Crippen LogP contribution in [0.2, 0.25) is 0 Å². The molecule has 2 aromatic carbocycles. The normalized spacial score (nSPS) is 14.1. The van der Waals surface area contributed by atoms with Crippen molar-refractivity contribution in [2.45, 2.75) is 46.6 Å². The van der Waals surface area contributed by atoms with Gasteiger partial charge in [0.15, 0.2) is 0 Å². The monoisotopic (exact) mass is 452 g/mol. The molecule has 0 radical (unpaired) electrons. The van der Waals surface area contributed by atoms with E-state index in [0.29, 0.717) is 0 Å². The van der Waals surface area contributed by atoms with E-state index in [1.807, 2.05) is 57.2 Å². The molecule has 3 rings (SSSR count). The molecule has 0 saturated carbocycles. The van der Waals surface area contributed by atoms with Gasteiger partial charge in [0, 0.05) is 12.5 Å². The second-order valence-corrected chi connectivity index (χ2v) is 10.2. The lowest BCUT2D eigenvalue weighted by atomic mass is 9.85. The summed E-state index contributed by atoms with van der Waals surface area (Å²) in [5.74, 6) is -1.55. The summed E-state index contributed by atoms with van der Waals surface area (Å²) in [6, 6.07) is 15.2. The van der Waals surface area contributed by atoms with Crippen LogP contribution in [0.5, 0.6) is 0 Å². The fraction of sp³-hybridized carbons (Fsp3) is 0.423. The molecule has 0 aliphatic heterocycles. The van der Waals surface area contributed by atoms with Gasteiger partial charge >= 0.3 is 12.1 Å². The number of aliphatic carboxylic acids is 1. The molecule has 1 atom stereocenters. The molecule has 0 aromatic heterocycles. The number of amides is 2. The van der Waals surface area contributed by atoms with Crippen LogP contribution in [0.4, 0.5) is 4.79 Å². The van der Waals surface area contributed by atoms with Crippen LogP contribution in [0, 0.1) is 10.8 Å². The van der Waals surface area contributed by atoms with Gasteiger partial charge in [-0.25, -0.2) is 4.79 Å². The number of carbonyl (C=O) groups excluding carboxylic acids is 2. The molecule has 0 spiro atoms. The molecule has 0 fully saturated rings. The van der Waals surface area contributed by atoms with Crippen molar-refractivity contribution in [2.75, 3.05) is 13.2 Å². The average molecular weight is 453 g/mol. The predicted octanol–water partition coefficient (Wildman–Crippen LogP) is 4.17. The van der Waals surface area contributed by atoms with E-state index in [-0.39, 0.29) is 19.1 Å². The van der Waals surface area contributed by atoms with Gasteiger partial charge in [-0.2, -0.15) is 0 Å². The van der Waals surface area contributed by atoms with Gasteiger partial charge in [0.05, 0.1) is 5.41 Å². The molecule has 1 unspecified atom stereocenters. The average Bonchev–Trinajstić information content (AvgIpc) is 3.07. The number of carbonyl (C=O) groups is 3. The van der Waals surface area contributed by atoms with Gasteiger partial charge in [0.1, 0.15) is 12.6 Å². The number of hydrogen-bond acceptors (Lipinski definition) is 4. The fourth-order valence-corrected chi connectivity index (χ4v) is 3.92. The van der Waals surface area contributed by atoms with Crippen molar-refractivity contribution in [1.29, 1.82) is 0 Å². The number of fused-ring (bicyclic) bond motifs is 3. The summed E-state index contributed by atoms with van der Waals surface area (Å²) in [6.45, 7) is 8.61. The number of ether oxygens (including phenoxy) is 1. The van der Waals surface area contributed by atoms with Gasteiger partial charge < -0.3 is 20.5 Å². The van der Waals surface area contributed by atoms with Crippen molar-refractivity contribution >= 4 is 18.0 Å². The van der Waals surface area contributed by atoms with Crippen molar-refractivity contribution in [3.8, 4) is 11.1 Å². The number of nitrogens with one attached hydrogen (secondary N) is 2. The van der Waals surface area contributed by atoms with Crippen LogP contribution in [0.15, 0.2) is 48.5 Å². The molecule has 7 heteroatoms. The van der Waals surface area contributed by atoms with E-state index in [9.17, 15) is 19.5 Å². The van der Waals surface area contributed by atoms with Crippen LogP contribution < -0.4 is 10.6 Å². The first kappa shape index (κ1) is 24.3. The topological polar surface area (TPSA) is 105 Å². The van der Waals surface area contributed by atoms with Gasteiger partial charge in [-0.15, -0.1) is 0 Å². The quantitative estimate of drug-likeness (QED) is 0.585. The van der Waals surface area contributed by atoms with Crippen molar-refractivity contribution in [3.63, 3.8) is 0 Å². The Morgan fingerprint density at radius 2 is 1.45 bits per heavy atom. The fourth-order valence-electron chi connectivity index (χ4n) is 3.92. The second-order valence-electron chi connectivity index (χ2n) is 10.2. The highest BCUT2D eigenvalue weighted by atomic mass is 16.5. The zero-order chi connectivity index (χ0) is 24.4. The summed E-state index contributed by atoms with van der Waals surface area (Å²) in [4.78, 5) is 36.8. The van der Waals surface area contributed by atoms with Gasteiger partial charge in [0.25, 0.3) is 0 Å². The van der Waals surface area contributed by atoms with Crippen LogP contribution in [-0.2, 0) is 14.3 Å². The maximum absolute atomic E-state index is 12.8. The van der Waals surface area contributed by atoms with E-state index in [1.54, 1.807) is 0 Å². The second kappa shape index (κ2) is 9.25. The number of carboxylic acid groups (broad SMARTS) is 1. The standard InChI is InChI=1S/C26H32N2O5/c1-25(2,3)21(22(29)27-15-26(4,5)23(30)31)28-24(32)33-14-20-18-12-8-6-10-16(18)17-11-7-9-13-19(17)20/h6-13,20-21H,14-15H2,1-5H3,(H,27,29)(H,28,32)(H,30,31). The Labute approximate surface area is 194 Å². The number of alkyl carbamates (subject to hydrolysis) is 1. The first-order valence-electron chi connectivity index (χ1n) is 11.0. The molecule has 1 aliphatic carbocycles. The first-order chi connectivity index (χ1) is 15.4. The molecule has 33 heavy (non-hydrogen) atoms. The van der Waals surface area contributed by atoms with Gasteiger partial charge in [-0.3, -0.25) is 9.59 Å². The number of rotatable bonds is 7. The Hall–Kier alpha value is -3.35. The molecule has 176 valence electrons. The maximum Gasteiger partial charge on any atom is 0.407 e. The van der Waals surface area contributed by atoms with E-state index < -0.39 is 34.8 Å². The third-order valence-corrected chi connectivity index (χ3v) is 6.02. The van der Waals surface area contributed by atoms with Gasteiger partial charge in [0.2, 0.25) is 5.91 Å². The molecule has 2 amide bonds. The Morgan fingerprint density at radius 3 is 1.94 bits per heavy atom. The van der Waals surface area contributed by atoms with E-state index in [4.69, 9.17) is 4.74 Å². The van der Waals surface area contributed by atoms with E-state index in [1.165, 1.54) is 13.8 Å². The third-order valence-electron chi connectivity index (χ3n) is 6.02. The molecule has 2 aromatic rings. The third kappa shape index (κ3) is 5.35. The SMILES string of the molecule is CC(C)(CNC(=O)C(NC(=O)OCC1c2ccccc2-c2ccccc21)C(C)(C)C)C(=O)O. The highest BCUT2D eigenvalue weighted by Crippen LogP contribution is 2.44. The number of benzene rings is 2. The van der Waals surface area contributed by atoms with Crippen molar-refractivity contribution in [1.82, 2.24) is 10.6 Å². The Kier molecular flexibility index (Phi) is 6.81. The lowest BCUT2D eigenvalue weighted by molar-refractivity contribution is -0.146. The lowest BCUT2D eigenvalue weighted by Crippen LogP contribution is -2.55. The van der Waals surface area contributed by atoms with Crippen molar-refractivity contribution in [3.05, 3.63) is 59.7 Å². The smallest absolute Gasteiger partial charge is 0.407 e.